The smallest absolute Gasteiger partial charge is 0.257 e. The van der Waals surface area contributed by atoms with Crippen LogP contribution in [0.1, 0.15) is 34.6 Å². The van der Waals surface area contributed by atoms with Crippen LogP contribution in [0.25, 0.3) is 0 Å². The van der Waals surface area contributed by atoms with E-state index in [0.29, 0.717) is 31.9 Å². The van der Waals surface area contributed by atoms with Gasteiger partial charge in [0.05, 0.1) is 11.1 Å². The average molecular weight is 521 g/mol. The van der Waals surface area contributed by atoms with E-state index in [4.69, 9.17) is 0 Å². The first-order valence-electron chi connectivity index (χ1n) is 12.5. The van der Waals surface area contributed by atoms with Gasteiger partial charge in [-0.2, -0.15) is 0 Å². The lowest BCUT2D eigenvalue weighted by Gasteiger charge is -2.36. The first-order valence-corrected chi connectivity index (χ1v) is 12.5. The topological polar surface area (TPSA) is 73.0 Å². The summed E-state index contributed by atoms with van der Waals surface area (Å²) in [7, 11) is 0. The molecule has 0 aromatic heterocycles. The average Bonchev–Trinajstić information content (AvgIpc) is 2.92. The lowest BCUT2D eigenvalue weighted by atomic mass is 10.1. The van der Waals surface area contributed by atoms with Gasteiger partial charge in [-0.25, -0.2) is 8.78 Å². The Hall–Kier alpha value is -4.27. The number of hydrogen-bond acceptors (Lipinski definition) is 4. The van der Waals surface area contributed by atoms with E-state index in [2.05, 4.69) is 10.2 Å². The summed E-state index contributed by atoms with van der Waals surface area (Å²) >= 11 is 0. The molecule has 1 fully saturated rings. The summed E-state index contributed by atoms with van der Waals surface area (Å²) in [4.78, 5) is 43.3. The molecular weight excluding hydrogens is 490 g/mol. The fraction of sp³-hybridized carbons (Fsp3) is 0.276. The predicted octanol–water partition coefficient (Wildman–Crippen LogP) is 4.42. The van der Waals surface area contributed by atoms with Crippen molar-refractivity contribution < 1.29 is 23.2 Å². The molecule has 3 aromatic rings. The van der Waals surface area contributed by atoms with Crippen molar-refractivity contribution in [1.82, 2.24) is 9.80 Å². The Kier molecular flexibility index (Phi) is 8.35. The number of nitrogens with one attached hydrogen (secondary N) is 1. The number of hydrogen-bond donors (Lipinski definition) is 1. The molecule has 1 aliphatic rings. The predicted molar refractivity (Wildman–Crippen MR) is 142 cm³/mol. The van der Waals surface area contributed by atoms with Gasteiger partial charge in [-0.1, -0.05) is 24.3 Å². The van der Waals surface area contributed by atoms with E-state index in [9.17, 15) is 23.2 Å². The van der Waals surface area contributed by atoms with Crippen LogP contribution in [-0.4, -0.2) is 66.3 Å². The van der Waals surface area contributed by atoms with Crippen LogP contribution in [0, 0.1) is 11.6 Å². The number of piperazine rings is 1. The molecule has 1 heterocycles. The molecule has 0 unspecified atom stereocenters. The molecule has 7 nitrogen and oxygen atoms in total. The quantitative estimate of drug-likeness (QED) is 0.501. The molecular formula is C29H30F2N4O3. The van der Waals surface area contributed by atoms with Crippen molar-refractivity contribution in [1.29, 1.82) is 0 Å². The van der Waals surface area contributed by atoms with Crippen molar-refractivity contribution in [3.8, 4) is 0 Å². The fourth-order valence-electron chi connectivity index (χ4n) is 4.36. The minimum Gasteiger partial charge on any atom is -0.368 e. The Morgan fingerprint density at radius 1 is 0.816 bits per heavy atom. The fourth-order valence-corrected chi connectivity index (χ4v) is 4.36. The summed E-state index contributed by atoms with van der Waals surface area (Å²) in [5.74, 6) is -2.40. The van der Waals surface area contributed by atoms with Crippen molar-refractivity contribution in [2.24, 2.45) is 0 Å². The molecule has 0 bridgehead atoms. The monoisotopic (exact) mass is 520 g/mol. The lowest BCUT2D eigenvalue weighted by molar-refractivity contribution is -0.117. The first kappa shape index (κ1) is 26.8. The highest BCUT2D eigenvalue weighted by atomic mass is 19.1. The van der Waals surface area contributed by atoms with E-state index in [1.807, 2.05) is 12.1 Å². The van der Waals surface area contributed by atoms with Crippen LogP contribution in [0.5, 0.6) is 0 Å². The van der Waals surface area contributed by atoms with Gasteiger partial charge in [-0.15, -0.1) is 0 Å². The van der Waals surface area contributed by atoms with Crippen LogP contribution >= 0.6 is 0 Å². The molecule has 0 radical (unpaired) electrons. The second kappa shape index (κ2) is 11.9. The Morgan fingerprint density at radius 2 is 1.37 bits per heavy atom. The highest BCUT2D eigenvalue weighted by molar-refractivity contribution is 5.99. The van der Waals surface area contributed by atoms with Crippen LogP contribution in [0.2, 0.25) is 0 Å². The second-order valence-corrected chi connectivity index (χ2v) is 9.36. The zero-order chi connectivity index (χ0) is 27.2. The normalized spacial score (nSPS) is 13.4. The van der Waals surface area contributed by atoms with E-state index in [1.54, 1.807) is 49.1 Å². The maximum absolute atomic E-state index is 14.1. The summed E-state index contributed by atoms with van der Waals surface area (Å²) in [5, 5.41) is 2.79. The number of benzene rings is 3. The van der Waals surface area contributed by atoms with E-state index in [1.165, 1.54) is 35.2 Å². The van der Waals surface area contributed by atoms with Crippen molar-refractivity contribution in [2.75, 3.05) is 42.9 Å². The molecule has 1 N–H and O–H groups in total. The van der Waals surface area contributed by atoms with Gasteiger partial charge < -0.3 is 20.0 Å². The van der Waals surface area contributed by atoms with Gasteiger partial charge in [-0.05, 0) is 62.4 Å². The van der Waals surface area contributed by atoms with Crippen LogP contribution in [0.15, 0.2) is 72.8 Å². The molecule has 0 aliphatic carbocycles. The van der Waals surface area contributed by atoms with Gasteiger partial charge >= 0.3 is 0 Å². The molecule has 0 spiro atoms. The number of nitrogens with zero attached hydrogens (tertiary/aromatic N) is 3. The zero-order valence-corrected chi connectivity index (χ0v) is 21.4. The van der Waals surface area contributed by atoms with Gasteiger partial charge in [0.1, 0.15) is 18.2 Å². The van der Waals surface area contributed by atoms with E-state index in [0.717, 1.165) is 5.69 Å². The SMILES string of the molecule is CC(C)N(CC(=O)Nc1ccc(N2CCN(C(=O)c3ccccc3F)CC2)cc1)C(=O)c1ccccc1F. The molecule has 4 rings (SSSR count). The Morgan fingerprint density at radius 3 is 1.92 bits per heavy atom. The molecule has 38 heavy (non-hydrogen) atoms. The van der Waals surface area contributed by atoms with Crippen LogP contribution in [0.4, 0.5) is 20.2 Å². The molecule has 0 saturated carbocycles. The molecule has 9 heteroatoms. The third-order valence-electron chi connectivity index (χ3n) is 6.49. The standard InChI is InChI=1S/C29H30F2N4O3/c1-20(2)35(29(38)24-8-4-6-10-26(24)31)19-27(36)32-21-11-13-22(14-12-21)33-15-17-34(18-16-33)28(37)23-7-3-5-9-25(23)30/h3-14,20H,15-19H2,1-2H3,(H,32,36). The van der Waals surface area contributed by atoms with Crippen molar-refractivity contribution in [3.63, 3.8) is 0 Å². The van der Waals surface area contributed by atoms with Crippen LogP contribution in [-0.2, 0) is 4.79 Å². The Bertz CT molecular complexity index is 1310. The van der Waals surface area contributed by atoms with Gasteiger partial charge in [0, 0.05) is 43.6 Å². The number of rotatable bonds is 7. The highest BCUT2D eigenvalue weighted by Gasteiger charge is 2.25. The lowest BCUT2D eigenvalue weighted by Crippen LogP contribution is -2.49. The summed E-state index contributed by atoms with van der Waals surface area (Å²) in [6.45, 7) is 5.43. The van der Waals surface area contributed by atoms with Crippen LogP contribution < -0.4 is 10.2 Å². The summed E-state index contributed by atoms with van der Waals surface area (Å²) < 4.78 is 28.1. The van der Waals surface area contributed by atoms with E-state index in [-0.39, 0.29) is 29.6 Å². The number of halogens is 2. The third kappa shape index (κ3) is 6.16. The molecule has 3 aromatic carbocycles. The van der Waals surface area contributed by atoms with Crippen LogP contribution in [0.3, 0.4) is 0 Å². The Balaban J connectivity index is 1.32. The summed E-state index contributed by atoms with van der Waals surface area (Å²) in [5.41, 5.74) is 1.50. The maximum Gasteiger partial charge on any atom is 0.257 e. The molecule has 198 valence electrons. The number of carbonyl (C=O) groups excluding carboxylic acids is 3. The molecule has 1 aliphatic heterocycles. The second-order valence-electron chi connectivity index (χ2n) is 9.36. The van der Waals surface area contributed by atoms with Gasteiger partial charge in [0.2, 0.25) is 5.91 Å². The zero-order valence-electron chi connectivity index (χ0n) is 21.4. The van der Waals surface area contributed by atoms with E-state index >= 15 is 0 Å². The molecule has 1 saturated heterocycles. The number of anilines is 2. The highest BCUT2D eigenvalue weighted by Crippen LogP contribution is 2.21. The van der Waals surface area contributed by atoms with E-state index < -0.39 is 23.4 Å². The summed E-state index contributed by atoms with van der Waals surface area (Å²) in [6.07, 6.45) is 0. The van der Waals surface area contributed by atoms with Gasteiger partial charge in [-0.3, -0.25) is 14.4 Å². The third-order valence-corrected chi connectivity index (χ3v) is 6.49. The largest absolute Gasteiger partial charge is 0.368 e. The minimum absolute atomic E-state index is 0.0750. The molecule has 0 atom stereocenters. The van der Waals surface area contributed by atoms with Gasteiger partial charge in [0.15, 0.2) is 0 Å². The first-order chi connectivity index (χ1) is 18.2. The van der Waals surface area contributed by atoms with Gasteiger partial charge in [0.25, 0.3) is 11.8 Å². The minimum atomic E-state index is -0.628. The van der Waals surface area contributed by atoms with Crippen molar-refractivity contribution in [3.05, 3.63) is 95.6 Å². The summed E-state index contributed by atoms with van der Waals surface area (Å²) in [6, 6.07) is 18.7. The Labute approximate surface area is 220 Å². The number of amides is 3. The van der Waals surface area contributed by atoms with Crippen molar-refractivity contribution in [2.45, 2.75) is 19.9 Å². The van der Waals surface area contributed by atoms with Crippen molar-refractivity contribution >= 4 is 29.1 Å². The maximum atomic E-state index is 14.1. The number of carbonyl (C=O) groups is 3. The molecule has 3 amide bonds.